The monoisotopic (exact) mass is 257 g/mol. The predicted octanol–water partition coefficient (Wildman–Crippen LogP) is 0.931. The van der Waals surface area contributed by atoms with Gasteiger partial charge in [0.1, 0.15) is 0 Å². The Morgan fingerprint density at radius 2 is 2.28 bits per heavy atom. The Morgan fingerprint density at radius 3 is 2.94 bits per heavy atom. The minimum Gasteiger partial charge on any atom is -0.409 e. The van der Waals surface area contributed by atoms with Crippen LogP contribution in [-0.4, -0.2) is 47.7 Å². The molecular weight excluding hydrogens is 234 g/mol. The van der Waals surface area contributed by atoms with Crippen LogP contribution in [0.15, 0.2) is 5.16 Å². The van der Waals surface area contributed by atoms with Crippen LogP contribution in [0.1, 0.15) is 39.0 Å². The highest BCUT2D eigenvalue weighted by atomic mass is 16.5. The molecule has 104 valence electrons. The van der Waals surface area contributed by atoms with E-state index in [0.717, 1.165) is 25.7 Å². The maximum atomic E-state index is 12.0. The molecule has 1 heterocycles. The molecule has 1 atom stereocenters. The van der Waals surface area contributed by atoms with Crippen molar-refractivity contribution in [2.45, 2.75) is 45.1 Å². The Hall–Kier alpha value is -1.30. The van der Waals surface area contributed by atoms with Crippen LogP contribution in [0.2, 0.25) is 0 Å². The zero-order chi connectivity index (χ0) is 13.4. The standard InChI is InChI=1S/C12H23N3O3/c1-2-8-18-9-6-11(16)15-7-4-3-5-10(15)12(13)14-17/h10,17H,2-9H2,1H3,(H2,13,14). The summed E-state index contributed by atoms with van der Waals surface area (Å²) in [6.45, 7) is 3.82. The Morgan fingerprint density at radius 1 is 1.50 bits per heavy atom. The number of hydrogen-bond acceptors (Lipinski definition) is 4. The molecule has 1 rings (SSSR count). The normalized spacial score (nSPS) is 21.1. The van der Waals surface area contributed by atoms with E-state index < -0.39 is 0 Å². The van der Waals surface area contributed by atoms with E-state index in [0.29, 0.717) is 26.2 Å². The molecule has 6 nitrogen and oxygen atoms in total. The Kier molecular flexibility index (Phi) is 6.49. The second kappa shape index (κ2) is 7.92. The lowest BCUT2D eigenvalue weighted by atomic mass is 10.0. The van der Waals surface area contributed by atoms with Gasteiger partial charge in [-0.1, -0.05) is 12.1 Å². The maximum Gasteiger partial charge on any atom is 0.225 e. The van der Waals surface area contributed by atoms with Crippen molar-refractivity contribution >= 4 is 11.7 Å². The number of ether oxygens (including phenoxy) is 1. The highest BCUT2D eigenvalue weighted by molar-refractivity contribution is 5.90. The van der Waals surface area contributed by atoms with Crippen LogP contribution in [0.3, 0.4) is 0 Å². The Bertz CT molecular complexity index is 294. The molecule has 1 saturated heterocycles. The van der Waals surface area contributed by atoms with Crippen molar-refractivity contribution in [3.8, 4) is 0 Å². The second-order valence-corrected chi connectivity index (χ2v) is 4.49. The number of nitrogens with two attached hydrogens (primary N) is 1. The number of oxime groups is 1. The molecular formula is C12H23N3O3. The van der Waals surface area contributed by atoms with Gasteiger partial charge in [-0.3, -0.25) is 4.79 Å². The summed E-state index contributed by atoms with van der Waals surface area (Å²) >= 11 is 0. The summed E-state index contributed by atoms with van der Waals surface area (Å²) in [6, 6.07) is -0.262. The van der Waals surface area contributed by atoms with E-state index in [1.807, 2.05) is 6.92 Å². The van der Waals surface area contributed by atoms with Gasteiger partial charge in [0, 0.05) is 13.2 Å². The molecule has 18 heavy (non-hydrogen) atoms. The summed E-state index contributed by atoms with van der Waals surface area (Å²) in [6.07, 6.45) is 4.03. The molecule has 0 spiro atoms. The highest BCUT2D eigenvalue weighted by Gasteiger charge is 2.29. The van der Waals surface area contributed by atoms with E-state index in [1.54, 1.807) is 4.90 Å². The zero-order valence-electron chi connectivity index (χ0n) is 11.0. The number of amides is 1. The van der Waals surface area contributed by atoms with Crippen LogP contribution >= 0.6 is 0 Å². The predicted molar refractivity (Wildman–Crippen MR) is 68.5 cm³/mol. The first-order valence-electron chi connectivity index (χ1n) is 6.55. The third-order valence-electron chi connectivity index (χ3n) is 3.09. The number of amidine groups is 1. The maximum absolute atomic E-state index is 12.0. The highest BCUT2D eigenvalue weighted by Crippen LogP contribution is 2.18. The van der Waals surface area contributed by atoms with Gasteiger partial charge in [0.05, 0.1) is 19.1 Å². The largest absolute Gasteiger partial charge is 0.409 e. The number of nitrogens with zero attached hydrogens (tertiary/aromatic N) is 2. The number of piperidine rings is 1. The number of carbonyl (C=O) groups is 1. The van der Waals surface area contributed by atoms with Crippen molar-refractivity contribution < 1.29 is 14.7 Å². The smallest absolute Gasteiger partial charge is 0.225 e. The van der Waals surface area contributed by atoms with Gasteiger partial charge >= 0.3 is 0 Å². The fourth-order valence-corrected chi connectivity index (χ4v) is 2.15. The average molecular weight is 257 g/mol. The van der Waals surface area contributed by atoms with Crippen molar-refractivity contribution in [2.24, 2.45) is 10.9 Å². The second-order valence-electron chi connectivity index (χ2n) is 4.49. The van der Waals surface area contributed by atoms with Gasteiger partial charge in [0.15, 0.2) is 5.84 Å². The first-order valence-corrected chi connectivity index (χ1v) is 6.55. The molecule has 3 N–H and O–H groups in total. The van der Waals surface area contributed by atoms with E-state index in [9.17, 15) is 4.79 Å². The molecule has 0 aromatic carbocycles. The number of carbonyl (C=O) groups excluding carboxylic acids is 1. The first kappa shape index (κ1) is 14.8. The van der Waals surface area contributed by atoms with Gasteiger partial charge in [-0.15, -0.1) is 0 Å². The molecule has 6 heteroatoms. The molecule has 1 aliphatic rings. The quantitative estimate of drug-likeness (QED) is 0.243. The van der Waals surface area contributed by atoms with Crippen molar-refractivity contribution in [1.82, 2.24) is 4.90 Å². The Labute approximate surface area is 108 Å². The molecule has 1 amide bonds. The van der Waals surface area contributed by atoms with Crippen LogP contribution in [0.25, 0.3) is 0 Å². The minimum absolute atomic E-state index is 0.0161. The third kappa shape index (κ3) is 4.18. The summed E-state index contributed by atoms with van der Waals surface area (Å²) in [5.74, 6) is 0.139. The molecule has 0 bridgehead atoms. The van der Waals surface area contributed by atoms with E-state index in [1.165, 1.54) is 0 Å². The molecule has 1 fully saturated rings. The fourth-order valence-electron chi connectivity index (χ4n) is 2.15. The summed E-state index contributed by atoms with van der Waals surface area (Å²) < 4.78 is 5.31. The van der Waals surface area contributed by atoms with Gasteiger partial charge < -0.3 is 20.6 Å². The SMILES string of the molecule is CCCOCCC(=O)N1CCCCC1C(N)=NO. The molecule has 0 saturated carbocycles. The molecule has 0 aliphatic carbocycles. The molecule has 0 aromatic rings. The topological polar surface area (TPSA) is 88.2 Å². The van der Waals surface area contributed by atoms with Crippen molar-refractivity contribution in [3.63, 3.8) is 0 Å². The van der Waals surface area contributed by atoms with Crippen molar-refractivity contribution in [3.05, 3.63) is 0 Å². The molecule has 0 radical (unpaired) electrons. The lowest BCUT2D eigenvalue weighted by Gasteiger charge is -2.34. The molecule has 0 aromatic heterocycles. The summed E-state index contributed by atoms with van der Waals surface area (Å²) in [4.78, 5) is 13.7. The van der Waals surface area contributed by atoms with Gasteiger partial charge in [-0.25, -0.2) is 0 Å². The first-order chi connectivity index (χ1) is 8.70. The molecule has 1 aliphatic heterocycles. The summed E-state index contributed by atoms with van der Waals surface area (Å²) in [5, 5.41) is 11.8. The number of likely N-dealkylation sites (tertiary alicyclic amines) is 1. The van der Waals surface area contributed by atoms with E-state index in [-0.39, 0.29) is 17.8 Å². The number of hydrogen-bond donors (Lipinski definition) is 2. The van der Waals surface area contributed by atoms with E-state index in [2.05, 4.69) is 5.16 Å². The minimum atomic E-state index is -0.262. The van der Waals surface area contributed by atoms with Gasteiger partial charge in [0.2, 0.25) is 5.91 Å². The van der Waals surface area contributed by atoms with Crippen LogP contribution in [-0.2, 0) is 9.53 Å². The lowest BCUT2D eigenvalue weighted by molar-refractivity contribution is -0.134. The zero-order valence-corrected chi connectivity index (χ0v) is 11.0. The summed E-state index contributed by atoms with van der Waals surface area (Å²) in [5.41, 5.74) is 5.63. The average Bonchev–Trinajstić information content (AvgIpc) is 2.42. The van der Waals surface area contributed by atoms with Gasteiger partial charge in [-0.05, 0) is 25.7 Å². The van der Waals surface area contributed by atoms with Crippen LogP contribution in [0, 0.1) is 0 Å². The third-order valence-corrected chi connectivity index (χ3v) is 3.09. The van der Waals surface area contributed by atoms with Crippen LogP contribution in [0.4, 0.5) is 0 Å². The van der Waals surface area contributed by atoms with Crippen molar-refractivity contribution in [1.29, 1.82) is 0 Å². The molecule has 1 unspecified atom stereocenters. The van der Waals surface area contributed by atoms with Crippen molar-refractivity contribution in [2.75, 3.05) is 19.8 Å². The van der Waals surface area contributed by atoms with Crippen LogP contribution in [0.5, 0.6) is 0 Å². The number of rotatable bonds is 6. The van der Waals surface area contributed by atoms with Crippen LogP contribution < -0.4 is 5.73 Å². The lowest BCUT2D eigenvalue weighted by Crippen LogP contribution is -2.50. The van der Waals surface area contributed by atoms with E-state index >= 15 is 0 Å². The van der Waals surface area contributed by atoms with Gasteiger partial charge in [-0.2, -0.15) is 0 Å². The Balaban J connectivity index is 2.47. The fraction of sp³-hybridized carbons (Fsp3) is 0.833. The van der Waals surface area contributed by atoms with E-state index in [4.69, 9.17) is 15.7 Å². The van der Waals surface area contributed by atoms with Gasteiger partial charge in [0.25, 0.3) is 0 Å². The summed E-state index contributed by atoms with van der Waals surface area (Å²) in [7, 11) is 0.